The first-order valence-electron chi connectivity index (χ1n) is 11.0. The summed E-state index contributed by atoms with van der Waals surface area (Å²) in [4.78, 5) is 19.0. The number of aryl methyl sites for hydroxylation is 2. The molecule has 11 nitrogen and oxygen atoms in total. The summed E-state index contributed by atoms with van der Waals surface area (Å²) in [5.74, 6) is -4.49. The molecular formula is C23H18F2N10OS. The summed E-state index contributed by atoms with van der Waals surface area (Å²) in [6.07, 6.45) is 8.09. The highest BCUT2D eigenvalue weighted by Gasteiger charge is 2.41. The van der Waals surface area contributed by atoms with Crippen LogP contribution in [-0.2, 0) is 31.2 Å². The lowest BCUT2D eigenvalue weighted by Crippen LogP contribution is -2.27. The third-order valence-electron chi connectivity index (χ3n) is 5.73. The number of carbonyl (C=O) groups is 1. The van der Waals surface area contributed by atoms with Crippen LogP contribution in [0.15, 0.2) is 61.3 Å². The Morgan fingerprint density at radius 3 is 2.65 bits per heavy atom. The second-order valence-electron chi connectivity index (χ2n) is 8.39. The van der Waals surface area contributed by atoms with E-state index < -0.39 is 11.7 Å². The minimum atomic E-state index is -3.51. The van der Waals surface area contributed by atoms with Gasteiger partial charge in [-0.3, -0.25) is 24.0 Å². The highest BCUT2D eigenvalue weighted by atomic mass is 32.1. The number of benzene rings is 1. The molecule has 0 aliphatic rings. The molecule has 0 fully saturated rings. The number of rotatable bonds is 6. The van der Waals surface area contributed by atoms with E-state index in [1.807, 2.05) is 0 Å². The molecule has 5 heterocycles. The molecule has 1 aromatic carbocycles. The summed E-state index contributed by atoms with van der Waals surface area (Å²) in [5, 5.41) is 21.0. The zero-order chi connectivity index (χ0) is 25.7. The van der Waals surface area contributed by atoms with Gasteiger partial charge in [-0.15, -0.1) is 15.3 Å². The third kappa shape index (κ3) is 4.00. The largest absolute Gasteiger partial charge is 0.333 e. The molecule has 0 bridgehead atoms. The fraction of sp³-hybridized carbons (Fsp3) is 0.174. The highest BCUT2D eigenvalue weighted by molar-refractivity contribution is 7.20. The Kier molecular flexibility index (Phi) is 5.26. The SMILES string of the molecule is Cn1cc(CC(=O)N(c2cnn(C)c2)c2nn3c(C(F)(F)c4ccc5ncccc5c4)nnc3s2)cn1. The molecule has 0 aliphatic carbocycles. The lowest BCUT2D eigenvalue weighted by atomic mass is 10.0. The van der Waals surface area contributed by atoms with E-state index in [-0.39, 0.29) is 28.0 Å². The number of alkyl halides is 2. The number of carbonyl (C=O) groups excluding carboxylic acids is 1. The van der Waals surface area contributed by atoms with Gasteiger partial charge >= 0.3 is 5.92 Å². The number of anilines is 2. The summed E-state index contributed by atoms with van der Waals surface area (Å²) >= 11 is 0.970. The van der Waals surface area contributed by atoms with Gasteiger partial charge in [0.05, 0.1) is 30.0 Å². The fourth-order valence-electron chi connectivity index (χ4n) is 3.99. The van der Waals surface area contributed by atoms with Crippen LogP contribution < -0.4 is 4.90 Å². The molecule has 0 spiro atoms. The fourth-order valence-corrected chi connectivity index (χ4v) is 4.87. The van der Waals surface area contributed by atoms with E-state index in [0.29, 0.717) is 22.2 Å². The molecule has 14 heteroatoms. The van der Waals surface area contributed by atoms with Gasteiger partial charge in [0, 0.05) is 43.6 Å². The van der Waals surface area contributed by atoms with Crippen LogP contribution in [0, 0.1) is 0 Å². The molecule has 0 N–H and O–H groups in total. The van der Waals surface area contributed by atoms with Crippen molar-refractivity contribution < 1.29 is 13.6 Å². The van der Waals surface area contributed by atoms with Crippen LogP contribution in [-0.4, -0.2) is 50.3 Å². The summed E-state index contributed by atoms with van der Waals surface area (Å²) in [6, 6.07) is 7.60. The van der Waals surface area contributed by atoms with Gasteiger partial charge in [0.1, 0.15) is 0 Å². The molecular weight excluding hydrogens is 502 g/mol. The van der Waals surface area contributed by atoms with Crippen molar-refractivity contribution in [1.82, 2.24) is 44.4 Å². The Bertz CT molecular complexity index is 1770. The third-order valence-corrected chi connectivity index (χ3v) is 6.61. The number of nitrogens with zero attached hydrogens (tertiary/aromatic N) is 10. The molecule has 5 aromatic heterocycles. The average Bonchev–Trinajstić information content (AvgIpc) is 3.65. The van der Waals surface area contributed by atoms with Gasteiger partial charge in [-0.1, -0.05) is 23.5 Å². The standard InChI is InChI=1S/C23H18F2N10OS/c1-32-12-14(10-27-32)8-19(36)34(17-11-28-33(2)13-17)22-31-35-20(29-30-21(35)37-22)23(24,25)16-5-6-18-15(9-16)4-3-7-26-18/h3-7,9-13H,8H2,1-2H3. The number of halogens is 2. The maximum absolute atomic E-state index is 15.7. The van der Waals surface area contributed by atoms with Crippen molar-refractivity contribution in [3.63, 3.8) is 0 Å². The Morgan fingerprint density at radius 1 is 1.08 bits per heavy atom. The smallest absolute Gasteiger partial charge is 0.276 e. The van der Waals surface area contributed by atoms with Gasteiger partial charge in [-0.2, -0.15) is 23.5 Å². The van der Waals surface area contributed by atoms with E-state index in [1.54, 1.807) is 55.7 Å². The monoisotopic (exact) mass is 520 g/mol. The van der Waals surface area contributed by atoms with E-state index in [2.05, 4.69) is 30.5 Å². The lowest BCUT2D eigenvalue weighted by molar-refractivity contribution is -0.117. The Morgan fingerprint density at radius 2 is 1.89 bits per heavy atom. The van der Waals surface area contributed by atoms with Crippen molar-refractivity contribution in [2.45, 2.75) is 12.3 Å². The summed E-state index contributed by atoms with van der Waals surface area (Å²) in [6.45, 7) is 0. The zero-order valence-electron chi connectivity index (χ0n) is 19.5. The van der Waals surface area contributed by atoms with Gasteiger partial charge in [0.2, 0.25) is 21.8 Å². The first kappa shape index (κ1) is 22.8. The van der Waals surface area contributed by atoms with E-state index >= 15 is 8.78 Å². The number of fused-ring (bicyclic) bond motifs is 2. The maximum atomic E-state index is 15.7. The lowest BCUT2D eigenvalue weighted by Gasteiger charge is -2.17. The molecule has 0 saturated heterocycles. The molecule has 1 amide bonds. The maximum Gasteiger partial charge on any atom is 0.333 e. The molecule has 0 atom stereocenters. The van der Waals surface area contributed by atoms with Crippen LogP contribution in [0.1, 0.15) is 17.0 Å². The van der Waals surface area contributed by atoms with Gasteiger partial charge < -0.3 is 0 Å². The molecule has 0 saturated carbocycles. The number of amides is 1. The summed E-state index contributed by atoms with van der Waals surface area (Å²) in [5.41, 5.74) is 1.47. The molecule has 186 valence electrons. The van der Waals surface area contributed by atoms with E-state index in [1.165, 1.54) is 34.0 Å². The average molecular weight is 521 g/mol. The van der Waals surface area contributed by atoms with Crippen molar-refractivity contribution in [3.8, 4) is 0 Å². The first-order valence-corrected chi connectivity index (χ1v) is 11.9. The number of hydrogen-bond acceptors (Lipinski definition) is 8. The van der Waals surface area contributed by atoms with Crippen LogP contribution in [0.4, 0.5) is 19.6 Å². The molecule has 6 rings (SSSR count). The van der Waals surface area contributed by atoms with E-state index in [9.17, 15) is 4.79 Å². The number of pyridine rings is 1. The van der Waals surface area contributed by atoms with Crippen molar-refractivity contribution in [1.29, 1.82) is 0 Å². The van der Waals surface area contributed by atoms with Crippen molar-refractivity contribution >= 4 is 43.9 Å². The molecule has 0 aliphatic heterocycles. The number of hydrogen-bond donors (Lipinski definition) is 0. The molecule has 0 radical (unpaired) electrons. The number of aromatic nitrogens is 9. The van der Waals surface area contributed by atoms with E-state index in [0.717, 1.165) is 15.9 Å². The van der Waals surface area contributed by atoms with E-state index in [4.69, 9.17) is 0 Å². The first-order chi connectivity index (χ1) is 17.8. The molecule has 37 heavy (non-hydrogen) atoms. The van der Waals surface area contributed by atoms with Gasteiger partial charge in [0.15, 0.2) is 0 Å². The molecule has 6 aromatic rings. The predicted octanol–water partition coefficient (Wildman–Crippen LogP) is 3.25. The second-order valence-corrected chi connectivity index (χ2v) is 9.32. The Hall–Kier alpha value is -4.59. The van der Waals surface area contributed by atoms with Gasteiger partial charge in [-0.25, -0.2) is 0 Å². The molecule has 0 unspecified atom stereocenters. The van der Waals surface area contributed by atoms with Crippen LogP contribution in [0.3, 0.4) is 0 Å². The van der Waals surface area contributed by atoms with Crippen LogP contribution in [0.2, 0.25) is 0 Å². The van der Waals surface area contributed by atoms with Crippen LogP contribution in [0.5, 0.6) is 0 Å². The Labute approximate surface area is 211 Å². The second kappa shape index (κ2) is 8.51. The quantitative estimate of drug-likeness (QED) is 0.331. The summed E-state index contributed by atoms with van der Waals surface area (Å²) < 4.78 is 35.5. The normalized spacial score (nSPS) is 12.0. The minimum absolute atomic E-state index is 0.0248. The van der Waals surface area contributed by atoms with Crippen molar-refractivity contribution in [2.75, 3.05) is 4.90 Å². The van der Waals surface area contributed by atoms with Gasteiger partial charge in [0.25, 0.3) is 0 Å². The van der Waals surface area contributed by atoms with Crippen molar-refractivity contribution in [3.05, 3.63) is 78.3 Å². The predicted molar refractivity (Wildman–Crippen MR) is 131 cm³/mol. The Balaban J connectivity index is 1.41. The highest BCUT2D eigenvalue weighted by Crippen LogP contribution is 2.38. The summed E-state index contributed by atoms with van der Waals surface area (Å²) in [7, 11) is 3.47. The van der Waals surface area contributed by atoms with Gasteiger partial charge in [-0.05, 0) is 23.8 Å². The zero-order valence-corrected chi connectivity index (χ0v) is 20.3. The topological polar surface area (TPSA) is 112 Å². The van der Waals surface area contributed by atoms with Crippen LogP contribution >= 0.6 is 11.3 Å². The van der Waals surface area contributed by atoms with Crippen LogP contribution in [0.25, 0.3) is 15.9 Å². The minimum Gasteiger partial charge on any atom is -0.276 e. The van der Waals surface area contributed by atoms with Crippen molar-refractivity contribution in [2.24, 2.45) is 14.1 Å².